The smallest absolute Gasteiger partial charge is 0.173 e. The van der Waals surface area contributed by atoms with Gasteiger partial charge in [-0.15, -0.1) is 0 Å². The molecule has 2 N–H and O–H groups in total. The molecule has 1 atom stereocenters. The molecular formula is C11H11F2NO. The molecule has 1 heterocycles. The zero-order valence-electron chi connectivity index (χ0n) is 8.47. The Morgan fingerprint density at radius 2 is 1.87 bits per heavy atom. The summed E-state index contributed by atoms with van der Waals surface area (Å²) in [6.07, 6.45) is 0. The summed E-state index contributed by atoms with van der Waals surface area (Å²) in [7, 11) is 0. The Hall–Kier alpha value is -1.42. The van der Waals surface area contributed by atoms with E-state index in [0.29, 0.717) is 11.3 Å². The number of benzene rings is 1. The number of fused-ring (bicyclic) bond motifs is 1. The molecule has 0 spiro atoms. The summed E-state index contributed by atoms with van der Waals surface area (Å²) >= 11 is 0. The van der Waals surface area contributed by atoms with Crippen LogP contribution >= 0.6 is 0 Å². The van der Waals surface area contributed by atoms with E-state index >= 15 is 0 Å². The predicted molar refractivity (Wildman–Crippen MR) is 53.5 cm³/mol. The lowest BCUT2D eigenvalue weighted by Crippen LogP contribution is -2.04. The first kappa shape index (κ1) is 10.1. The van der Waals surface area contributed by atoms with Crippen LogP contribution in [0.2, 0.25) is 0 Å². The maximum absolute atomic E-state index is 13.4. The first-order valence-corrected chi connectivity index (χ1v) is 4.65. The third kappa shape index (κ3) is 1.41. The molecule has 4 heteroatoms. The van der Waals surface area contributed by atoms with Crippen molar-refractivity contribution in [2.75, 3.05) is 0 Å². The molecule has 0 radical (unpaired) electrons. The van der Waals surface area contributed by atoms with Crippen LogP contribution in [0.15, 0.2) is 16.5 Å². The van der Waals surface area contributed by atoms with E-state index in [2.05, 4.69) is 0 Å². The van der Waals surface area contributed by atoms with E-state index < -0.39 is 11.6 Å². The molecule has 1 aromatic carbocycles. The summed E-state index contributed by atoms with van der Waals surface area (Å²) in [6, 6.07) is 1.76. The van der Waals surface area contributed by atoms with Crippen LogP contribution in [0.3, 0.4) is 0 Å². The van der Waals surface area contributed by atoms with Crippen molar-refractivity contribution in [2.45, 2.75) is 19.9 Å². The van der Waals surface area contributed by atoms with Crippen LogP contribution < -0.4 is 5.73 Å². The highest BCUT2D eigenvalue weighted by atomic mass is 19.1. The van der Waals surface area contributed by atoms with E-state index in [-0.39, 0.29) is 17.0 Å². The highest BCUT2D eigenvalue weighted by Gasteiger charge is 2.19. The normalized spacial score (nSPS) is 13.4. The van der Waals surface area contributed by atoms with E-state index in [1.54, 1.807) is 13.8 Å². The quantitative estimate of drug-likeness (QED) is 0.787. The zero-order valence-corrected chi connectivity index (χ0v) is 8.47. The minimum Gasteiger partial charge on any atom is -0.456 e. The van der Waals surface area contributed by atoms with Crippen molar-refractivity contribution in [2.24, 2.45) is 5.73 Å². The summed E-state index contributed by atoms with van der Waals surface area (Å²) in [5.41, 5.74) is 6.15. The van der Waals surface area contributed by atoms with E-state index in [1.807, 2.05) is 0 Å². The van der Waals surface area contributed by atoms with Crippen LogP contribution in [-0.2, 0) is 0 Å². The van der Waals surface area contributed by atoms with Gasteiger partial charge in [-0.2, -0.15) is 0 Å². The molecule has 0 aliphatic carbocycles. The Balaban J connectivity index is 2.87. The van der Waals surface area contributed by atoms with Gasteiger partial charge in [0, 0.05) is 5.56 Å². The van der Waals surface area contributed by atoms with E-state index in [9.17, 15) is 8.78 Å². The molecule has 15 heavy (non-hydrogen) atoms. The van der Waals surface area contributed by atoms with Crippen molar-refractivity contribution in [3.8, 4) is 0 Å². The predicted octanol–water partition coefficient (Wildman–Crippen LogP) is 3.04. The molecule has 0 aliphatic heterocycles. The van der Waals surface area contributed by atoms with Crippen molar-refractivity contribution >= 4 is 11.0 Å². The van der Waals surface area contributed by atoms with Gasteiger partial charge in [-0.05, 0) is 26.0 Å². The van der Waals surface area contributed by atoms with Crippen molar-refractivity contribution < 1.29 is 13.2 Å². The average molecular weight is 211 g/mol. The SMILES string of the molecule is Cc1c(C(C)N)oc2c(F)ccc(F)c12. The van der Waals surface area contributed by atoms with Gasteiger partial charge in [0.15, 0.2) is 11.4 Å². The van der Waals surface area contributed by atoms with Crippen molar-refractivity contribution in [1.82, 2.24) is 0 Å². The number of halogens is 2. The van der Waals surface area contributed by atoms with Gasteiger partial charge >= 0.3 is 0 Å². The Kier molecular flexibility index (Phi) is 2.23. The van der Waals surface area contributed by atoms with Crippen LogP contribution in [0.4, 0.5) is 8.78 Å². The molecule has 0 saturated carbocycles. The fourth-order valence-electron chi connectivity index (χ4n) is 1.73. The standard InChI is InChI=1S/C11H11F2NO/c1-5-9-7(12)3-4-8(13)11(9)15-10(5)6(2)14/h3-4,6H,14H2,1-2H3. The minimum absolute atomic E-state index is 0.0557. The van der Waals surface area contributed by atoms with Crippen molar-refractivity contribution in [3.63, 3.8) is 0 Å². The maximum Gasteiger partial charge on any atom is 0.173 e. The summed E-state index contributed by atoms with van der Waals surface area (Å²) in [6.45, 7) is 3.38. The van der Waals surface area contributed by atoms with Gasteiger partial charge in [0.05, 0.1) is 11.4 Å². The number of hydrogen-bond acceptors (Lipinski definition) is 2. The van der Waals surface area contributed by atoms with Gasteiger partial charge in [0.25, 0.3) is 0 Å². The molecule has 2 rings (SSSR count). The lowest BCUT2D eigenvalue weighted by Gasteiger charge is -2.00. The lowest BCUT2D eigenvalue weighted by atomic mass is 10.1. The third-order valence-corrected chi connectivity index (χ3v) is 2.43. The number of furan rings is 1. The molecule has 2 aromatic rings. The van der Waals surface area contributed by atoms with Gasteiger partial charge in [-0.25, -0.2) is 8.78 Å². The Bertz CT molecular complexity index is 517. The van der Waals surface area contributed by atoms with Crippen molar-refractivity contribution in [1.29, 1.82) is 0 Å². The molecule has 0 bridgehead atoms. The summed E-state index contributed by atoms with van der Waals surface area (Å²) in [5.74, 6) is -0.630. The Morgan fingerprint density at radius 3 is 2.40 bits per heavy atom. The summed E-state index contributed by atoms with van der Waals surface area (Å²) < 4.78 is 32.0. The molecule has 0 aliphatic rings. The van der Waals surface area contributed by atoms with Crippen LogP contribution in [0.5, 0.6) is 0 Å². The fraction of sp³-hybridized carbons (Fsp3) is 0.273. The largest absolute Gasteiger partial charge is 0.456 e. The highest BCUT2D eigenvalue weighted by molar-refractivity contribution is 5.83. The van der Waals surface area contributed by atoms with Gasteiger partial charge in [-0.1, -0.05) is 0 Å². The van der Waals surface area contributed by atoms with Crippen LogP contribution in [0, 0.1) is 18.6 Å². The molecular weight excluding hydrogens is 200 g/mol. The molecule has 2 nitrogen and oxygen atoms in total. The second-order valence-electron chi connectivity index (χ2n) is 3.61. The molecule has 0 amide bonds. The van der Waals surface area contributed by atoms with Crippen molar-refractivity contribution in [3.05, 3.63) is 35.1 Å². The van der Waals surface area contributed by atoms with Gasteiger partial charge in [-0.3, -0.25) is 0 Å². The van der Waals surface area contributed by atoms with Crippen LogP contribution in [0.25, 0.3) is 11.0 Å². The summed E-state index contributed by atoms with van der Waals surface area (Å²) in [5, 5.41) is 0.183. The third-order valence-electron chi connectivity index (χ3n) is 2.43. The second-order valence-corrected chi connectivity index (χ2v) is 3.61. The van der Waals surface area contributed by atoms with E-state index in [0.717, 1.165) is 12.1 Å². The molecule has 80 valence electrons. The average Bonchev–Trinajstić information content (AvgIpc) is 2.51. The number of nitrogens with two attached hydrogens (primary N) is 1. The van der Waals surface area contributed by atoms with Gasteiger partial charge < -0.3 is 10.2 Å². The maximum atomic E-state index is 13.4. The Morgan fingerprint density at radius 1 is 1.27 bits per heavy atom. The topological polar surface area (TPSA) is 39.2 Å². The van der Waals surface area contributed by atoms with E-state index in [4.69, 9.17) is 10.2 Å². The molecule has 0 saturated heterocycles. The first-order chi connectivity index (χ1) is 7.02. The van der Waals surface area contributed by atoms with Gasteiger partial charge in [0.2, 0.25) is 0 Å². The molecule has 1 unspecified atom stereocenters. The number of rotatable bonds is 1. The number of aryl methyl sites for hydroxylation is 1. The monoisotopic (exact) mass is 211 g/mol. The minimum atomic E-state index is -0.568. The van der Waals surface area contributed by atoms with E-state index in [1.165, 1.54) is 0 Å². The fourth-order valence-corrected chi connectivity index (χ4v) is 1.73. The highest BCUT2D eigenvalue weighted by Crippen LogP contribution is 2.31. The lowest BCUT2D eigenvalue weighted by molar-refractivity contribution is 0.489. The van der Waals surface area contributed by atoms with Crippen LogP contribution in [-0.4, -0.2) is 0 Å². The van der Waals surface area contributed by atoms with Crippen LogP contribution in [0.1, 0.15) is 24.3 Å². The second kappa shape index (κ2) is 3.31. The Labute approximate surface area is 85.7 Å². The number of hydrogen-bond donors (Lipinski definition) is 1. The summed E-state index contributed by atoms with van der Waals surface area (Å²) in [4.78, 5) is 0. The molecule has 1 aromatic heterocycles. The first-order valence-electron chi connectivity index (χ1n) is 4.65. The molecule has 0 fully saturated rings. The van der Waals surface area contributed by atoms with Gasteiger partial charge in [0.1, 0.15) is 11.6 Å². The zero-order chi connectivity index (χ0) is 11.2.